The lowest BCUT2D eigenvalue weighted by Crippen LogP contribution is -2.09. The summed E-state index contributed by atoms with van der Waals surface area (Å²) in [5.41, 5.74) is 17.9. The van der Waals surface area contributed by atoms with E-state index in [1.165, 1.54) is 77.3 Å². The number of para-hydroxylation sites is 2. The molecule has 2 nitrogen and oxygen atoms in total. The zero-order valence-corrected chi connectivity index (χ0v) is 33.0. The van der Waals surface area contributed by atoms with E-state index in [1.807, 2.05) is 0 Å². The summed E-state index contributed by atoms with van der Waals surface area (Å²) in [5, 5.41) is 3.75. The number of nitrogens with zero attached hydrogens (tertiary/aromatic N) is 2. The van der Waals surface area contributed by atoms with Gasteiger partial charge in [0, 0.05) is 45.2 Å². The normalized spacial score (nSPS) is 11.3. The lowest BCUT2D eigenvalue weighted by atomic mass is 9.94. The summed E-state index contributed by atoms with van der Waals surface area (Å²) in [7, 11) is 0. The van der Waals surface area contributed by atoms with Crippen LogP contribution < -0.4 is 4.90 Å². The molecule has 0 aliphatic rings. The molecule has 0 atom stereocenters. The van der Waals surface area contributed by atoms with Crippen molar-refractivity contribution in [3.8, 4) is 55.6 Å². The van der Waals surface area contributed by atoms with Crippen LogP contribution in [0.3, 0.4) is 0 Å². The van der Waals surface area contributed by atoms with Crippen LogP contribution in [0.4, 0.5) is 17.1 Å². The predicted molar refractivity (Wildman–Crippen MR) is 254 cm³/mol. The third kappa shape index (κ3) is 6.23. The molecule has 0 amide bonds. The van der Waals surface area contributed by atoms with Gasteiger partial charge >= 0.3 is 0 Å². The number of hydrogen-bond acceptors (Lipinski definition) is 1. The molecule has 11 rings (SSSR count). The Kier molecular flexibility index (Phi) is 8.87. The van der Waals surface area contributed by atoms with Gasteiger partial charge in [0.05, 0.1) is 11.0 Å². The van der Waals surface area contributed by atoms with Gasteiger partial charge < -0.3 is 9.30 Å². The number of rotatable bonds is 8. The SMILES string of the molecule is c1ccc(-c2ccccc2-c2ccc(N(c3ccccc3)c3cccc(-c4ccc(-c5cn6c7ccccc7c(-c7ccccc7)c6c6ccccc56)cc4)c3)cc2)cc1. The Bertz CT molecular complexity index is 3270. The number of benzene rings is 9. The lowest BCUT2D eigenvalue weighted by Gasteiger charge is -2.26. The molecule has 60 heavy (non-hydrogen) atoms. The van der Waals surface area contributed by atoms with E-state index < -0.39 is 0 Å². The summed E-state index contributed by atoms with van der Waals surface area (Å²) < 4.78 is 2.40. The Morgan fingerprint density at radius 2 is 0.750 bits per heavy atom. The summed E-state index contributed by atoms with van der Waals surface area (Å²) in [6.45, 7) is 0. The van der Waals surface area contributed by atoms with Crippen molar-refractivity contribution in [1.29, 1.82) is 0 Å². The molecule has 0 fully saturated rings. The van der Waals surface area contributed by atoms with Crippen LogP contribution in [0, 0.1) is 0 Å². The standard InChI is InChI=1S/C58H40N2/c1-4-17-42(18-5-1)50-25-10-11-26-51(50)43-35-37-48(38-36-43)60(47-22-8-3-9-23-47)49-24-16-21-46(39-49)41-31-33-44(34-32-41)55-40-59-56-30-15-14-29-54(56)57(45-19-6-2-7-20-45)58(59)53-28-13-12-27-52(53)55/h1-40H. The van der Waals surface area contributed by atoms with E-state index in [1.54, 1.807) is 0 Å². The van der Waals surface area contributed by atoms with Gasteiger partial charge in [0.15, 0.2) is 0 Å². The van der Waals surface area contributed by atoms with E-state index in [9.17, 15) is 0 Å². The second-order valence-electron chi connectivity index (χ2n) is 15.3. The molecule has 2 heterocycles. The van der Waals surface area contributed by atoms with E-state index in [2.05, 4.69) is 252 Å². The van der Waals surface area contributed by atoms with Crippen molar-refractivity contribution in [2.45, 2.75) is 0 Å². The Morgan fingerprint density at radius 1 is 0.283 bits per heavy atom. The summed E-state index contributed by atoms with van der Waals surface area (Å²) in [5.74, 6) is 0. The average molecular weight is 765 g/mol. The first-order valence-corrected chi connectivity index (χ1v) is 20.6. The van der Waals surface area contributed by atoms with Gasteiger partial charge in [-0.05, 0) is 92.4 Å². The van der Waals surface area contributed by atoms with Crippen LogP contribution in [0.1, 0.15) is 0 Å². The van der Waals surface area contributed by atoms with Crippen LogP contribution in [0.15, 0.2) is 243 Å². The molecule has 0 aliphatic heterocycles. The van der Waals surface area contributed by atoms with Crippen molar-refractivity contribution < 1.29 is 0 Å². The van der Waals surface area contributed by atoms with Crippen molar-refractivity contribution in [2.24, 2.45) is 0 Å². The number of hydrogen-bond donors (Lipinski definition) is 0. The van der Waals surface area contributed by atoms with E-state index in [4.69, 9.17) is 0 Å². The minimum atomic E-state index is 1.10. The van der Waals surface area contributed by atoms with Gasteiger partial charge in [-0.25, -0.2) is 0 Å². The predicted octanol–water partition coefficient (Wildman–Crippen LogP) is 16.1. The van der Waals surface area contributed by atoms with E-state index in [0.717, 1.165) is 22.6 Å². The molecule has 2 aromatic heterocycles. The van der Waals surface area contributed by atoms with Gasteiger partial charge in [0.1, 0.15) is 0 Å². The van der Waals surface area contributed by atoms with Crippen molar-refractivity contribution in [2.75, 3.05) is 4.90 Å². The van der Waals surface area contributed by atoms with Gasteiger partial charge in [-0.2, -0.15) is 0 Å². The Hall–Kier alpha value is -7.94. The van der Waals surface area contributed by atoms with Crippen molar-refractivity contribution in [1.82, 2.24) is 4.40 Å². The minimum Gasteiger partial charge on any atom is -0.315 e. The molecule has 0 bridgehead atoms. The average Bonchev–Trinajstić information content (AvgIpc) is 3.67. The minimum absolute atomic E-state index is 1.10. The first-order valence-electron chi connectivity index (χ1n) is 20.6. The quantitative estimate of drug-likeness (QED) is 0.150. The largest absolute Gasteiger partial charge is 0.315 e. The zero-order chi connectivity index (χ0) is 39.8. The van der Waals surface area contributed by atoms with Crippen molar-refractivity contribution in [3.63, 3.8) is 0 Å². The van der Waals surface area contributed by atoms with Crippen LogP contribution in [0.2, 0.25) is 0 Å². The first kappa shape index (κ1) is 35.2. The first-order chi connectivity index (χ1) is 29.8. The van der Waals surface area contributed by atoms with Gasteiger partial charge in [0.25, 0.3) is 0 Å². The third-order valence-electron chi connectivity index (χ3n) is 11.8. The second-order valence-corrected chi connectivity index (χ2v) is 15.3. The molecule has 0 radical (unpaired) electrons. The molecule has 0 unspecified atom stereocenters. The van der Waals surface area contributed by atoms with Crippen LogP contribution >= 0.6 is 0 Å². The molecule has 11 aromatic rings. The van der Waals surface area contributed by atoms with Crippen LogP contribution in [-0.2, 0) is 0 Å². The fraction of sp³-hybridized carbons (Fsp3) is 0. The fourth-order valence-electron chi connectivity index (χ4n) is 9.00. The molecule has 9 aromatic carbocycles. The number of pyridine rings is 1. The second kappa shape index (κ2) is 15.1. The molecule has 2 heteroatoms. The molecular formula is C58H40N2. The number of anilines is 3. The van der Waals surface area contributed by atoms with Gasteiger partial charge in [-0.3, -0.25) is 0 Å². The van der Waals surface area contributed by atoms with Crippen molar-refractivity contribution >= 4 is 44.3 Å². The topological polar surface area (TPSA) is 7.65 Å². The highest BCUT2D eigenvalue weighted by molar-refractivity contribution is 6.17. The van der Waals surface area contributed by atoms with Crippen LogP contribution in [-0.4, -0.2) is 4.40 Å². The highest BCUT2D eigenvalue weighted by atomic mass is 15.1. The van der Waals surface area contributed by atoms with Crippen molar-refractivity contribution in [3.05, 3.63) is 243 Å². The highest BCUT2D eigenvalue weighted by Crippen LogP contribution is 2.43. The maximum absolute atomic E-state index is 2.40. The number of fused-ring (bicyclic) bond motifs is 5. The summed E-state index contributed by atoms with van der Waals surface area (Å²) in [6.07, 6.45) is 2.34. The maximum Gasteiger partial charge on any atom is 0.0619 e. The molecule has 0 N–H and O–H groups in total. The van der Waals surface area contributed by atoms with Crippen LogP contribution in [0.5, 0.6) is 0 Å². The lowest BCUT2D eigenvalue weighted by molar-refractivity contribution is 1.27. The van der Waals surface area contributed by atoms with E-state index in [0.29, 0.717) is 0 Å². The summed E-state index contributed by atoms with van der Waals surface area (Å²) in [6, 6.07) is 85.3. The highest BCUT2D eigenvalue weighted by Gasteiger charge is 2.19. The molecule has 0 saturated heterocycles. The molecule has 0 saturated carbocycles. The van der Waals surface area contributed by atoms with E-state index in [-0.39, 0.29) is 0 Å². The Morgan fingerprint density at radius 3 is 1.45 bits per heavy atom. The Labute approximate surface area is 350 Å². The molecule has 282 valence electrons. The Balaban J connectivity index is 0.967. The fourth-order valence-corrected chi connectivity index (χ4v) is 9.00. The maximum atomic E-state index is 2.40. The third-order valence-corrected chi connectivity index (χ3v) is 11.8. The van der Waals surface area contributed by atoms with Gasteiger partial charge in [0.2, 0.25) is 0 Å². The van der Waals surface area contributed by atoms with Gasteiger partial charge in [-0.1, -0.05) is 194 Å². The molecular weight excluding hydrogens is 725 g/mol. The monoisotopic (exact) mass is 764 g/mol. The summed E-state index contributed by atoms with van der Waals surface area (Å²) >= 11 is 0. The van der Waals surface area contributed by atoms with E-state index >= 15 is 0 Å². The van der Waals surface area contributed by atoms with Gasteiger partial charge in [-0.15, -0.1) is 0 Å². The smallest absolute Gasteiger partial charge is 0.0619 e. The summed E-state index contributed by atoms with van der Waals surface area (Å²) in [4.78, 5) is 2.34. The van der Waals surface area contributed by atoms with Crippen LogP contribution in [0.25, 0.3) is 82.8 Å². The number of aromatic nitrogens is 1. The molecule has 0 aliphatic carbocycles. The zero-order valence-electron chi connectivity index (χ0n) is 33.0. The molecule has 0 spiro atoms.